The van der Waals surface area contributed by atoms with Gasteiger partial charge in [0.2, 0.25) is 5.91 Å². The van der Waals surface area contributed by atoms with Crippen molar-refractivity contribution in [3.05, 3.63) is 58.9 Å². The van der Waals surface area contributed by atoms with Gasteiger partial charge in [0, 0.05) is 12.0 Å². The summed E-state index contributed by atoms with van der Waals surface area (Å²) in [7, 11) is 0. The van der Waals surface area contributed by atoms with E-state index < -0.39 is 29.9 Å². The van der Waals surface area contributed by atoms with Gasteiger partial charge in [-0.2, -0.15) is 13.2 Å². The molecule has 0 bridgehead atoms. The number of benzene rings is 2. The van der Waals surface area contributed by atoms with Crippen LogP contribution in [0, 0.1) is 12.7 Å². The van der Waals surface area contributed by atoms with Crippen LogP contribution in [0.5, 0.6) is 5.75 Å². The van der Waals surface area contributed by atoms with Gasteiger partial charge in [-0.05, 0) is 31.2 Å². The van der Waals surface area contributed by atoms with Crippen LogP contribution < -0.4 is 10.1 Å². The Morgan fingerprint density at radius 1 is 1.20 bits per heavy atom. The quantitative estimate of drug-likeness (QED) is 0.760. The molecule has 0 saturated heterocycles. The molecule has 3 nitrogen and oxygen atoms in total. The first-order valence-corrected chi connectivity index (χ1v) is 7.60. The largest absolute Gasteiger partial charge is 0.488 e. The Balaban J connectivity index is 2.29. The summed E-state index contributed by atoms with van der Waals surface area (Å²) in [5, 5.41) is 2.51. The van der Waals surface area contributed by atoms with E-state index in [-0.39, 0.29) is 23.6 Å². The summed E-state index contributed by atoms with van der Waals surface area (Å²) < 4.78 is 58.6. The molecule has 0 aliphatic rings. The van der Waals surface area contributed by atoms with Crippen LogP contribution in [0.1, 0.15) is 30.0 Å². The second-order valence-corrected chi connectivity index (χ2v) is 5.45. The third kappa shape index (κ3) is 4.71. The van der Waals surface area contributed by atoms with Crippen LogP contribution in [0.3, 0.4) is 0 Å². The van der Waals surface area contributed by atoms with Gasteiger partial charge in [0.15, 0.2) is 0 Å². The van der Waals surface area contributed by atoms with Crippen LogP contribution in [0.15, 0.2) is 36.4 Å². The first kappa shape index (κ1) is 18.8. The average molecular weight is 355 g/mol. The van der Waals surface area contributed by atoms with E-state index in [1.807, 2.05) is 0 Å². The maximum Gasteiger partial charge on any atom is 0.419 e. The molecule has 1 N–H and O–H groups in total. The van der Waals surface area contributed by atoms with Crippen LogP contribution in [0.2, 0.25) is 0 Å². The molecule has 1 amide bonds. The topological polar surface area (TPSA) is 38.3 Å². The number of halogens is 4. The predicted octanol–water partition coefficient (Wildman–Crippen LogP) is 5.08. The molecule has 0 radical (unpaired) electrons. The highest BCUT2D eigenvalue weighted by molar-refractivity contribution is 5.91. The van der Waals surface area contributed by atoms with E-state index in [2.05, 4.69) is 5.32 Å². The molecule has 0 aliphatic carbocycles. The third-order valence-electron chi connectivity index (χ3n) is 3.53. The van der Waals surface area contributed by atoms with Gasteiger partial charge in [-0.15, -0.1) is 0 Å². The lowest BCUT2D eigenvalue weighted by atomic mass is 10.1. The van der Waals surface area contributed by atoms with Crippen LogP contribution in [-0.2, 0) is 17.6 Å². The van der Waals surface area contributed by atoms with Crippen molar-refractivity contribution >= 4 is 11.6 Å². The second kappa shape index (κ2) is 7.55. The van der Waals surface area contributed by atoms with E-state index in [9.17, 15) is 22.4 Å². The molecule has 0 saturated carbocycles. The molecule has 0 spiro atoms. The molecule has 0 heterocycles. The lowest BCUT2D eigenvalue weighted by Gasteiger charge is -2.16. The minimum Gasteiger partial charge on any atom is -0.488 e. The van der Waals surface area contributed by atoms with Gasteiger partial charge < -0.3 is 10.1 Å². The highest BCUT2D eigenvalue weighted by atomic mass is 19.4. The molecule has 2 rings (SSSR count). The van der Waals surface area contributed by atoms with Crippen molar-refractivity contribution in [2.45, 2.75) is 33.1 Å². The van der Waals surface area contributed by atoms with Crippen molar-refractivity contribution in [1.29, 1.82) is 0 Å². The molecule has 0 atom stereocenters. The van der Waals surface area contributed by atoms with Crippen molar-refractivity contribution in [3.8, 4) is 5.75 Å². The Morgan fingerprint density at radius 2 is 1.92 bits per heavy atom. The van der Waals surface area contributed by atoms with Gasteiger partial charge in [0.05, 0.1) is 11.3 Å². The van der Waals surface area contributed by atoms with Crippen molar-refractivity contribution in [2.75, 3.05) is 5.32 Å². The summed E-state index contributed by atoms with van der Waals surface area (Å²) in [4.78, 5) is 11.5. The van der Waals surface area contributed by atoms with Gasteiger partial charge in [-0.25, -0.2) is 4.39 Å². The van der Waals surface area contributed by atoms with E-state index in [0.717, 1.165) is 12.1 Å². The van der Waals surface area contributed by atoms with Crippen LogP contribution in [-0.4, -0.2) is 5.91 Å². The highest BCUT2D eigenvalue weighted by Crippen LogP contribution is 2.37. The molecular formula is C18H17F4NO2. The third-order valence-corrected chi connectivity index (χ3v) is 3.53. The number of hydrogen-bond donors (Lipinski definition) is 1. The molecular weight excluding hydrogens is 338 g/mol. The zero-order valence-electron chi connectivity index (χ0n) is 13.7. The summed E-state index contributed by atoms with van der Waals surface area (Å²) in [5.41, 5.74) is -0.338. The zero-order valence-corrected chi connectivity index (χ0v) is 13.7. The predicted molar refractivity (Wildman–Crippen MR) is 85.8 cm³/mol. The first-order valence-electron chi connectivity index (χ1n) is 7.60. The number of amides is 1. The molecule has 2 aromatic carbocycles. The molecule has 134 valence electrons. The van der Waals surface area contributed by atoms with Crippen molar-refractivity contribution in [2.24, 2.45) is 0 Å². The molecule has 7 heteroatoms. The number of rotatable bonds is 5. The summed E-state index contributed by atoms with van der Waals surface area (Å²) in [6.07, 6.45) is -4.40. The van der Waals surface area contributed by atoms with Crippen LogP contribution >= 0.6 is 0 Å². The summed E-state index contributed by atoms with van der Waals surface area (Å²) in [6.45, 7) is 2.72. The lowest BCUT2D eigenvalue weighted by Crippen LogP contribution is -2.14. The van der Waals surface area contributed by atoms with Crippen molar-refractivity contribution in [1.82, 2.24) is 0 Å². The maximum absolute atomic E-state index is 14.1. The van der Waals surface area contributed by atoms with Gasteiger partial charge in [0.25, 0.3) is 0 Å². The van der Waals surface area contributed by atoms with E-state index in [4.69, 9.17) is 4.74 Å². The number of hydrogen-bond acceptors (Lipinski definition) is 2. The lowest BCUT2D eigenvalue weighted by molar-refractivity contribution is -0.139. The maximum atomic E-state index is 14.1. The van der Waals surface area contributed by atoms with Gasteiger partial charge in [-0.1, -0.05) is 24.6 Å². The number of anilines is 1. The molecule has 0 fully saturated rings. The Labute approximate surface area is 142 Å². The van der Waals surface area contributed by atoms with Gasteiger partial charge in [-0.3, -0.25) is 4.79 Å². The van der Waals surface area contributed by atoms with Gasteiger partial charge in [0.1, 0.15) is 18.2 Å². The highest BCUT2D eigenvalue weighted by Gasteiger charge is 2.34. The first-order chi connectivity index (χ1) is 11.7. The fourth-order valence-electron chi connectivity index (χ4n) is 2.20. The Kier molecular flexibility index (Phi) is 5.66. The minimum absolute atomic E-state index is 0.0157. The van der Waals surface area contributed by atoms with E-state index in [0.29, 0.717) is 5.56 Å². The number of ether oxygens (including phenoxy) is 1. The standard InChI is InChI=1S/C18H17F4NO2/c1-3-17(24)23-15-6-4-5-14(19)12(15)10-25-16-8-7-11(2)9-13(16)18(20,21)22/h4-9H,3,10H2,1-2H3,(H,23,24). The number of nitrogens with one attached hydrogen (secondary N) is 1. The van der Waals surface area contributed by atoms with Crippen molar-refractivity contribution < 1.29 is 27.1 Å². The van der Waals surface area contributed by atoms with E-state index in [1.165, 1.54) is 31.2 Å². The van der Waals surface area contributed by atoms with Crippen molar-refractivity contribution in [3.63, 3.8) is 0 Å². The molecule has 2 aromatic rings. The Hall–Kier alpha value is -2.57. The monoisotopic (exact) mass is 355 g/mol. The van der Waals surface area contributed by atoms with Crippen LogP contribution in [0.4, 0.5) is 23.2 Å². The summed E-state index contributed by atoms with van der Waals surface area (Å²) in [5.74, 6) is -1.40. The normalized spacial score (nSPS) is 11.3. The van der Waals surface area contributed by atoms with E-state index in [1.54, 1.807) is 6.92 Å². The summed E-state index contributed by atoms with van der Waals surface area (Å²) >= 11 is 0. The molecule has 0 unspecified atom stereocenters. The number of carbonyl (C=O) groups excluding carboxylic acids is 1. The van der Waals surface area contributed by atoms with E-state index >= 15 is 0 Å². The number of carbonyl (C=O) groups is 1. The number of alkyl halides is 3. The summed E-state index contributed by atoms with van der Waals surface area (Å²) in [6, 6.07) is 7.66. The second-order valence-electron chi connectivity index (χ2n) is 5.45. The molecule has 25 heavy (non-hydrogen) atoms. The van der Waals surface area contributed by atoms with Gasteiger partial charge >= 0.3 is 6.18 Å². The Bertz CT molecular complexity index is 772. The fraction of sp³-hybridized carbons (Fsp3) is 0.278. The molecule has 0 aromatic heterocycles. The smallest absolute Gasteiger partial charge is 0.419 e. The average Bonchev–Trinajstić information content (AvgIpc) is 2.54. The zero-order chi connectivity index (χ0) is 18.6. The fourth-order valence-corrected chi connectivity index (χ4v) is 2.20. The minimum atomic E-state index is -4.59. The van der Waals surface area contributed by atoms with Crippen LogP contribution in [0.25, 0.3) is 0 Å². The molecule has 0 aliphatic heterocycles. The Morgan fingerprint density at radius 3 is 2.56 bits per heavy atom. The number of aryl methyl sites for hydroxylation is 1. The SMILES string of the molecule is CCC(=O)Nc1cccc(F)c1COc1ccc(C)cc1C(F)(F)F.